The average molecular weight is 367 g/mol. The summed E-state index contributed by atoms with van der Waals surface area (Å²) in [5, 5.41) is -1.22. The molecule has 1 aliphatic carbocycles. The number of ether oxygens (including phenoxy) is 2. The molecule has 134 valence electrons. The first kappa shape index (κ1) is 18.9. The lowest BCUT2D eigenvalue weighted by Gasteiger charge is -2.04. The molecular formula is C16H18ClF3O4. The topological polar surface area (TPSA) is 48.7 Å². The number of esters is 1. The molecule has 1 fully saturated rings. The summed E-state index contributed by atoms with van der Waals surface area (Å²) >= 11 is 5.25. The third kappa shape index (κ3) is 4.13. The molecule has 0 unspecified atom stereocenters. The molecule has 0 N–H and O–H groups in total. The van der Waals surface area contributed by atoms with E-state index < -0.39 is 34.4 Å². The van der Waals surface area contributed by atoms with Crippen LogP contribution in [0.2, 0.25) is 0 Å². The molecule has 4 nitrogen and oxygen atoms in total. The van der Waals surface area contributed by atoms with Crippen LogP contribution in [0.4, 0.5) is 13.2 Å². The minimum atomic E-state index is -4.61. The highest BCUT2D eigenvalue weighted by atomic mass is 35.5. The van der Waals surface area contributed by atoms with Crippen LogP contribution in [0, 0.1) is 17.3 Å². The Kier molecular flexibility index (Phi) is 5.34. The molecule has 1 aromatic rings. The van der Waals surface area contributed by atoms with E-state index in [9.17, 15) is 18.0 Å². The van der Waals surface area contributed by atoms with Gasteiger partial charge in [0.2, 0.25) is 0 Å². The standard InChI is InChI=1S/C16H18ClF3O4/c1-15(2)11(6-12(17)16(18,19)20)13(15)14(21)23-8-10-5-4-9(24-10)7-22-3/h4-6,11,13H,7-8H2,1-3H3/t11-,13-/m0/s1. The van der Waals surface area contributed by atoms with Gasteiger partial charge in [0.05, 0.1) is 5.92 Å². The molecule has 0 saturated heterocycles. The summed E-state index contributed by atoms with van der Waals surface area (Å²) in [7, 11) is 1.52. The molecule has 0 aliphatic heterocycles. The van der Waals surface area contributed by atoms with Crippen LogP contribution in [-0.4, -0.2) is 19.3 Å². The van der Waals surface area contributed by atoms with E-state index in [4.69, 9.17) is 25.5 Å². The number of methoxy groups -OCH3 is 1. The van der Waals surface area contributed by atoms with Crippen molar-refractivity contribution in [1.82, 2.24) is 0 Å². The molecular weight excluding hydrogens is 349 g/mol. The van der Waals surface area contributed by atoms with E-state index in [-0.39, 0.29) is 6.61 Å². The maximum absolute atomic E-state index is 12.5. The van der Waals surface area contributed by atoms with Gasteiger partial charge in [0.25, 0.3) is 0 Å². The van der Waals surface area contributed by atoms with Gasteiger partial charge in [-0.25, -0.2) is 0 Å². The van der Waals surface area contributed by atoms with Crippen LogP contribution in [0.25, 0.3) is 0 Å². The predicted octanol–water partition coefficient (Wildman–Crippen LogP) is 4.43. The predicted molar refractivity (Wildman–Crippen MR) is 80.0 cm³/mol. The highest BCUT2D eigenvalue weighted by molar-refractivity contribution is 6.30. The second-order valence-corrected chi connectivity index (χ2v) is 6.65. The molecule has 0 aromatic carbocycles. The van der Waals surface area contributed by atoms with Crippen LogP contribution in [0.3, 0.4) is 0 Å². The molecule has 0 amide bonds. The van der Waals surface area contributed by atoms with Gasteiger partial charge < -0.3 is 13.9 Å². The molecule has 2 rings (SSSR count). The fourth-order valence-corrected chi connectivity index (χ4v) is 2.78. The zero-order valence-corrected chi connectivity index (χ0v) is 14.2. The molecule has 24 heavy (non-hydrogen) atoms. The summed E-state index contributed by atoms with van der Waals surface area (Å²) < 4.78 is 53.0. The molecule has 1 heterocycles. The molecule has 0 bridgehead atoms. The van der Waals surface area contributed by atoms with E-state index in [0.717, 1.165) is 6.08 Å². The van der Waals surface area contributed by atoms with Gasteiger partial charge >= 0.3 is 12.1 Å². The normalized spacial score (nSPS) is 23.2. The fraction of sp³-hybridized carbons (Fsp3) is 0.562. The van der Waals surface area contributed by atoms with E-state index >= 15 is 0 Å². The quantitative estimate of drug-likeness (QED) is 0.699. The van der Waals surface area contributed by atoms with Gasteiger partial charge in [0, 0.05) is 7.11 Å². The number of carbonyl (C=O) groups is 1. The van der Waals surface area contributed by atoms with Crippen molar-refractivity contribution in [2.24, 2.45) is 17.3 Å². The average Bonchev–Trinajstić information content (AvgIpc) is 2.82. The number of furan rings is 1. The van der Waals surface area contributed by atoms with E-state index in [0.29, 0.717) is 18.1 Å². The smallest absolute Gasteiger partial charge is 0.426 e. The Morgan fingerprint density at radius 2 is 1.92 bits per heavy atom. The summed E-state index contributed by atoms with van der Waals surface area (Å²) in [5.74, 6) is -0.818. The van der Waals surface area contributed by atoms with Crippen LogP contribution in [0.5, 0.6) is 0 Å². The molecule has 1 aliphatic rings. The second kappa shape index (κ2) is 6.80. The number of allylic oxidation sites excluding steroid dienone is 2. The minimum absolute atomic E-state index is 0.0848. The van der Waals surface area contributed by atoms with Crippen molar-refractivity contribution in [3.63, 3.8) is 0 Å². The lowest BCUT2D eigenvalue weighted by Crippen LogP contribution is -2.10. The van der Waals surface area contributed by atoms with Gasteiger partial charge in [-0.1, -0.05) is 31.5 Å². The molecule has 2 atom stereocenters. The number of halogens is 4. The van der Waals surface area contributed by atoms with E-state index in [2.05, 4.69) is 0 Å². The minimum Gasteiger partial charge on any atom is -0.460 e. The zero-order chi connectivity index (χ0) is 18.1. The van der Waals surface area contributed by atoms with Gasteiger partial charge in [-0.3, -0.25) is 4.79 Å². The van der Waals surface area contributed by atoms with Crippen LogP contribution < -0.4 is 0 Å². The summed E-state index contributed by atoms with van der Waals surface area (Å²) in [6.45, 7) is 3.61. The maximum Gasteiger partial charge on any atom is 0.426 e. The Labute approximate surface area is 142 Å². The molecule has 0 radical (unpaired) electrons. The maximum atomic E-state index is 12.5. The van der Waals surface area contributed by atoms with Crippen molar-refractivity contribution in [2.75, 3.05) is 7.11 Å². The van der Waals surface area contributed by atoms with Gasteiger partial charge in [-0.2, -0.15) is 13.2 Å². The van der Waals surface area contributed by atoms with Crippen molar-refractivity contribution in [1.29, 1.82) is 0 Å². The van der Waals surface area contributed by atoms with Crippen molar-refractivity contribution < 1.29 is 31.9 Å². The van der Waals surface area contributed by atoms with Crippen molar-refractivity contribution in [2.45, 2.75) is 33.2 Å². The van der Waals surface area contributed by atoms with Crippen molar-refractivity contribution >= 4 is 17.6 Å². The van der Waals surface area contributed by atoms with Gasteiger partial charge in [0.15, 0.2) is 0 Å². The first-order valence-electron chi connectivity index (χ1n) is 7.25. The fourth-order valence-electron chi connectivity index (χ4n) is 2.64. The van der Waals surface area contributed by atoms with Crippen molar-refractivity contribution in [3.05, 3.63) is 34.8 Å². The second-order valence-electron chi connectivity index (χ2n) is 6.25. The number of hydrogen-bond donors (Lipinski definition) is 0. The summed E-state index contributed by atoms with van der Waals surface area (Å²) in [4.78, 5) is 12.1. The number of alkyl halides is 3. The van der Waals surface area contributed by atoms with E-state index in [1.54, 1.807) is 26.0 Å². The molecule has 8 heteroatoms. The highest BCUT2D eigenvalue weighted by Gasteiger charge is 2.62. The van der Waals surface area contributed by atoms with Crippen molar-refractivity contribution in [3.8, 4) is 0 Å². The van der Waals surface area contributed by atoms with Gasteiger partial charge in [0.1, 0.15) is 29.8 Å². The van der Waals surface area contributed by atoms with Crippen LogP contribution in [0.1, 0.15) is 25.4 Å². The molecule has 1 saturated carbocycles. The largest absolute Gasteiger partial charge is 0.460 e. The third-order valence-electron chi connectivity index (χ3n) is 4.12. The van der Waals surface area contributed by atoms with Gasteiger partial charge in [-0.15, -0.1) is 0 Å². The highest BCUT2D eigenvalue weighted by Crippen LogP contribution is 2.60. The number of hydrogen-bond acceptors (Lipinski definition) is 4. The van der Waals surface area contributed by atoms with Crippen LogP contribution in [0.15, 0.2) is 27.7 Å². The first-order valence-corrected chi connectivity index (χ1v) is 7.63. The Balaban J connectivity index is 1.94. The summed E-state index contributed by atoms with van der Waals surface area (Å²) in [6, 6.07) is 3.35. The molecule has 1 aromatic heterocycles. The Bertz CT molecular complexity index is 634. The lowest BCUT2D eigenvalue weighted by atomic mass is 10.1. The van der Waals surface area contributed by atoms with E-state index in [1.165, 1.54) is 7.11 Å². The zero-order valence-electron chi connectivity index (χ0n) is 13.4. The van der Waals surface area contributed by atoms with Crippen LogP contribution in [-0.2, 0) is 27.5 Å². The Hall–Kier alpha value is -1.47. The SMILES string of the molecule is COCc1ccc(COC(=O)[C@@H]2[C@H](C=C(Cl)C(F)(F)F)C2(C)C)o1. The number of carbonyl (C=O) groups excluding carboxylic acids is 1. The molecule has 0 spiro atoms. The third-order valence-corrected chi connectivity index (χ3v) is 4.46. The lowest BCUT2D eigenvalue weighted by molar-refractivity contribution is -0.148. The Morgan fingerprint density at radius 1 is 1.33 bits per heavy atom. The van der Waals surface area contributed by atoms with Gasteiger partial charge in [-0.05, 0) is 23.5 Å². The summed E-state index contributed by atoms with van der Waals surface area (Å²) in [5.41, 5.74) is -0.632. The van der Waals surface area contributed by atoms with Crippen LogP contribution >= 0.6 is 11.6 Å². The number of rotatable bonds is 6. The Morgan fingerprint density at radius 3 is 2.46 bits per heavy atom. The summed E-state index contributed by atoms with van der Waals surface area (Å²) in [6.07, 6.45) is -3.72. The van der Waals surface area contributed by atoms with E-state index in [1.807, 2.05) is 0 Å². The first-order chi connectivity index (χ1) is 11.1. The monoisotopic (exact) mass is 366 g/mol.